The SMILES string of the molecule is CCCC1CCC(Nc2ccc(Br)cc2C(=O)O)CC1. The van der Waals surface area contributed by atoms with Crippen LogP contribution in [-0.4, -0.2) is 17.1 Å². The zero-order valence-electron chi connectivity index (χ0n) is 11.9. The molecule has 4 heteroatoms. The fourth-order valence-corrected chi connectivity index (χ4v) is 3.40. The monoisotopic (exact) mass is 339 g/mol. The summed E-state index contributed by atoms with van der Waals surface area (Å²) in [6, 6.07) is 5.80. The lowest BCUT2D eigenvalue weighted by Gasteiger charge is -2.30. The first-order valence-corrected chi connectivity index (χ1v) is 8.18. The molecule has 0 heterocycles. The van der Waals surface area contributed by atoms with E-state index in [2.05, 4.69) is 28.2 Å². The second-order valence-electron chi connectivity index (χ2n) is 5.65. The molecule has 0 bridgehead atoms. The first-order valence-electron chi connectivity index (χ1n) is 7.39. The Morgan fingerprint density at radius 1 is 1.35 bits per heavy atom. The van der Waals surface area contributed by atoms with Crippen molar-refractivity contribution in [2.75, 3.05) is 5.32 Å². The van der Waals surface area contributed by atoms with E-state index >= 15 is 0 Å². The van der Waals surface area contributed by atoms with E-state index in [1.54, 1.807) is 6.07 Å². The van der Waals surface area contributed by atoms with Crippen molar-refractivity contribution in [2.24, 2.45) is 5.92 Å². The van der Waals surface area contributed by atoms with E-state index < -0.39 is 5.97 Å². The van der Waals surface area contributed by atoms with E-state index in [1.807, 2.05) is 12.1 Å². The quantitative estimate of drug-likeness (QED) is 0.800. The zero-order valence-corrected chi connectivity index (χ0v) is 13.4. The molecule has 1 aromatic carbocycles. The number of halogens is 1. The van der Waals surface area contributed by atoms with E-state index in [0.717, 1.165) is 28.9 Å². The van der Waals surface area contributed by atoms with Crippen LogP contribution in [0.2, 0.25) is 0 Å². The minimum absolute atomic E-state index is 0.343. The number of hydrogen-bond acceptors (Lipinski definition) is 2. The van der Waals surface area contributed by atoms with E-state index in [4.69, 9.17) is 0 Å². The second kappa shape index (κ2) is 7.11. The van der Waals surface area contributed by atoms with Crippen LogP contribution >= 0.6 is 15.9 Å². The highest BCUT2D eigenvalue weighted by molar-refractivity contribution is 9.10. The Hall–Kier alpha value is -1.03. The minimum atomic E-state index is -0.881. The molecule has 0 aliphatic heterocycles. The van der Waals surface area contributed by atoms with Crippen molar-refractivity contribution in [3.05, 3.63) is 28.2 Å². The van der Waals surface area contributed by atoms with Gasteiger partial charge in [-0.2, -0.15) is 0 Å². The third-order valence-electron chi connectivity index (χ3n) is 4.12. The van der Waals surface area contributed by atoms with Crippen molar-refractivity contribution in [3.8, 4) is 0 Å². The summed E-state index contributed by atoms with van der Waals surface area (Å²) in [4.78, 5) is 11.3. The molecule has 1 saturated carbocycles. The van der Waals surface area contributed by atoms with Crippen LogP contribution in [-0.2, 0) is 0 Å². The molecule has 110 valence electrons. The third kappa shape index (κ3) is 3.98. The van der Waals surface area contributed by atoms with E-state index in [1.165, 1.54) is 25.7 Å². The van der Waals surface area contributed by atoms with Gasteiger partial charge in [0.1, 0.15) is 0 Å². The lowest BCUT2D eigenvalue weighted by molar-refractivity contribution is 0.0697. The molecule has 1 aliphatic rings. The fraction of sp³-hybridized carbons (Fsp3) is 0.562. The average molecular weight is 340 g/mol. The smallest absolute Gasteiger partial charge is 0.337 e. The molecule has 2 N–H and O–H groups in total. The zero-order chi connectivity index (χ0) is 14.5. The summed E-state index contributed by atoms with van der Waals surface area (Å²) < 4.78 is 0.798. The molecule has 0 spiro atoms. The van der Waals surface area contributed by atoms with E-state index in [0.29, 0.717) is 11.6 Å². The van der Waals surface area contributed by atoms with E-state index in [9.17, 15) is 9.90 Å². The molecule has 0 saturated heterocycles. The maximum Gasteiger partial charge on any atom is 0.337 e. The van der Waals surface area contributed by atoms with Crippen LogP contribution in [0.3, 0.4) is 0 Å². The Kier molecular flexibility index (Phi) is 5.46. The number of benzene rings is 1. The van der Waals surface area contributed by atoms with E-state index in [-0.39, 0.29) is 0 Å². The summed E-state index contributed by atoms with van der Waals surface area (Å²) >= 11 is 3.32. The van der Waals surface area contributed by atoms with Crippen LogP contribution in [0.15, 0.2) is 22.7 Å². The predicted octanol–water partition coefficient (Wildman–Crippen LogP) is 4.92. The Morgan fingerprint density at radius 2 is 2.05 bits per heavy atom. The van der Waals surface area contributed by atoms with Crippen molar-refractivity contribution in [2.45, 2.75) is 51.5 Å². The van der Waals surface area contributed by atoms with Crippen LogP contribution in [0, 0.1) is 5.92 Å². The lowest BCUT2D eigenvalue weighted by atomic mass is 9.83. The summed E-state index contributed by atoms with van der Waals surface area (Å²) in [5.74, 6) is -0.0182. The number of carbonyl (C=O) groups is 1. The molecule has 3 nitrogen and oxygen atoms in total. The second-order valence-corrected chi connectivity index (χ2v) is 6.56. The Bertz CT molecular complexity index is 468. The van der Waals surface area contributed by atoms with Crippen LogP contribution in [0.5, 0.6) is 0 Å². The van der Waals surface area contributed by atoms with Gasteiger partial charge >= 0.3 is 5.97 Å². The van der Waals surface area contributed by atoms with Crippen molar-refractivity contribution in [3.63, 3.8) is 0 Å². The normalized spacial score (nSPS) is 22.5. The van der Waals surface area contributed by atoms with Gasteiger partial charge in [0.25, 0.3) is 0 Å². The molecule has 0 atom stereocenters. The lowest BCUT2D eigenvalue weighted by Crippen LogP contribution is -2.26. The van der Waals surface area contributed by atoms with Gasteiger partial charge < -0.3 is 10.4 Å². The van der Waals surface area contributed by atoms with Crippen molar-refractivity contribution < 1.29 is 9.90 Å². The largest absolute Gasteiger partial charge is 0.478 e. The molecule has 1 aliphatic carbocycles. The summed E-state index contributed by atoms with van der Waals surface area (Å²) in [5.41, 5.74) is 1.08. The topological polar surface area (TPSA) is 49.3 Å². The first kappa shape index (κ1) is 15.4. The van der Waals surface area contributed by atoms with Crippen LogP contribution in [0.1, 0.15) is 55.8 Å². The van der Waals surface area contributed by atoms with Crippen LogP contribution in [0.25, 0.3) is 0 Å². The highest BCUT2D eigenvalue weighted by Crippen LogP contribution is 2.30. The average Bonchev–Trinajstić information content (AvgIpc) is 2.43. The number of rotatable bonds is 5. The maximum atomic E-state index is 11.3. The Labute approximate surface area is 128 Å². The number of hydrogen-bond donors (Lipinski definition) is 2. The summed E-state index contributed by atoms with van der Waals surface area (Å²) in [5, 5.41) is 12.7. The van der Waals surface area contributed by atoms with Gasteiger partial charge in [0.15, 0.2) is 0 Å². The number of carboxylic acid groups (broad SMARTS) is 1. The molecular weight excluding hydrogens is 318 g/mol. The van der Waals surface area contributed by atoms with Gasteiger partial charge in [-0.05, 0) is 49.8 Å². The number of nitrogens with one attached hydrogen (secondary N) is 1. The van der Waals surface area contributed by atoms with Crippen LogP contribution < -0.4 is 5.32 Å². The molecule has 0 amide bonds. The fourth-order valence-electron chi connectivity index (χ4n) is 3.04. The summed E-state index contributed by atoms with van der Waals surface area (Å²) in [6.45, 7) is 2.24. The molecule has 2 rings (SSSR count). The van der Waals surface area contributed by atoms with Gasteiger partial charge in [-0.25, -0.2) is 4.79 Å². The van der Waals surface area contributed by atoms with Crippen molar-refractivity contribution in [1.82, 2.24) is 0 Å². The van der Waals surface area contributed by atoms with Crippen molar-refractivity contribution in [1.29, 1.82) is 0 Å². The predicted molar refractivity (Wildman–Crippen MR) is 85.4 cm³/mol. The van der Waals surface area contributed by atoms with Gasteiger partial charge in [-0.1, -0.05) is 35.7 Å². The van der Waals surface area contributed by atoms with Gasteiger partial charge in [0.05, 0.1) is 5.56 Å². The van der Waals surface area contributed by atoms with Gasteiger partial charge in [0, 0.05) is 16.2 Å². The minimum Gasteiger partial charge on any atom is -0.478 e. The highest BCUT2D eigenvalue weighted by Gasteiger charge is 2.21. The summed E-state index contributed by atoms with van der Waals surface area (Å²) in [6.07, 6.45) is 7.37. The summed E-state index contributed by atoms with van der Waals surface area (Å²) in [7, 11) is 0. The molecule has 0 radical (unpaired) electrons. The molecule has 20 heavy (non-hydrogen) atoms. The first-order chi connectivity index (χ1) is 9.60. The third-order valence-corrected chi connectivity index (χ3v) is 4.61. The van der Waals surface area contributed by atoms with Crippen molar-refractivity contribution >= 4 is 27.6 Å². The van der Waals surface area contributed by atoms with Gasteiger partial charge in [-0.3, -0.25) is 0 Å². The van der Waals surface area contributed by atoms with Crippen LogP contribution in [0.4, 0.5) is 5.69 Å². The number of anilines is 1. The van der Waals surface area contributed by atoms with Gasteiger partial charge in [-0.15, -0.1) is 0 Å². The Balaban J connectivity index is 1.99. The molecular formula is C16H22BrNO2. The number of carboxylic acids is 1. The highest BCUT2D eigenvalue weighted by atomic mass is 79.9. The maximum absolute atomic E-state index is 11.3. The number of aromatic carboxylic acids is 1. The molecule has 0 aromatic heterocycles. The standard InChI is InChI=1S/C16H22BrNO2/c1-2-3-11-4-7-13(8-5-11)18-15-9-6-12(17)10-14(15)16(19)20/h6,9-11,13,18H,2-5,7-8H2,1H3,(H,19,20). The molecule has 1 aromatic rings. The van der Waals surface area contributed by atoms with Gasteiger partial charge in [0.2, 0.25) is 0 Å². The molecule has 0 unspecified atom stereocenters. The molecule has 1 fully saturated rings. The Morgan fingerprint density at radius 3 is 2.65 bits per heavy atom.